The molecule has 0 aromatic heterocycles. The van der Waals surface area contributed by atoms with Crippen molar-refractivity contribution in [1.29, 1.82) is 0 Å². The van der Waals surface area contributed by atoms with Gasteiger partial charge in [-0.1, -0.05) is 29.3 Å². The number of likely N-dealkylation sites (tertiary alicyclic amines) is 1. The lowest BCUT2D eigenvalue weighted by Crippen LogP contribution is -2.42. The molecular formula is C16H21Cl2N3O2. The predicted octanol–water partition coefficient (Wildman–Crippen LogP) is 2.16. The summed E-state index contributed by atoms with van der Waals surface area (Å²) in [6, 6.07) is 5.40. The molecule has 7 heteroatoms. The summed E-state index contributed by atoms with van der Waals surface area (Å²) in [7, 11) is 1.84. The summed E-state index contributed by atoms with van der Waals surface area (Å²) in [5.41, 5.74) is 0.975. The number of carbonyl (C=O) groups is 2. The SMILES string of the molecule is CN(CC(=O)NCC(=O)N1CCCC1)Cc1ccc(Cl)c(Cl)c1. The Bertz CT molecular complexity index is 574. The van der Waals surface area contributed by atoms with Crippen LogP contribution < -0.4 is 5.32 Å². The number of carbonyl (C=O) groups excluding carboxylic acids is 2. The zero-order chi connectivity index (χ0) is 16.8. The quantitative estimate of drug-likeness (QED) is 0.848. The van der Waals surface area contributed by atoms with Gasteiger partial charge in [0.15, 0.2) is 0 Å². The molecule has 1 fully saturated rings. The molecule has 1 aromatic rings. The van der Waals surface area contributed by atoms with Crippen LogP contribution >= 0.6 is 23.2 Å². The lowest BCUT2D eigenvalue weighted by Gasteiger charge is -2.18. The van der Waals surface area contributed by atoms with Crippen LogP contribution in [0.2, 0.25) is 10.0 Å². The highest BCUT2D eigenvalue weighted by atomic mass is 35.5. The highest BCUT2D eigenvalue weighted by Crippen LogP contribution is 2.23. The molecule has 126 valence electrons. The van der Waals surface area contributed by atoms with E-state index in [1.54, 1.807) is 17.0 Å². The average molecular weight is 358 g/mol. The largest absolute Gasteiger partial charge is 0.346 e. The number of halogens is 2. The average Bonchev–Trinajstić information content (AvgIpc) is 3.03. The van der Waals surface area contributed by atoms with Crippen LogP contribution in [0.25, 0.3) is 0 Å². The molecule has 5 nitrogen and oxygen atoms in total. The molecule has 0 saturated carbocycles. The third-order valence-electron chi connectivity index (χ3n) is 3.75. The van der Waals surface area contributed by atoms with Crippen LogP contribution in [-0.4, -0.2) is 54.8 Å². The number of nitrogens with one attached hydrogen (secondary N) is 1. The maximum atomic E-state index is 11.9. The fraction of sp³-hybridized carbons (Fsp3) is 0.500. The second-order valence-corrected chi connectivity index (χ2v) is 6.60. The monoisotopic (exact) mass is 357 g/mol. The van der Waals surface area contributed by atoms with Crippen molar-refractivity contribution >= 4 is 35.0 Å². The number of rotatable bonds is 6. The van der Waals surface area contributed by atoms with Gasteiger partial charge < -0.3 is 10.2 Å². The molecular weight excluding hydrogens is 337 g/mol. The number of likely N-dealkylation sites (N-methyl/N-ethyl adjacent to an activating group) is 1. The van der Waals surface area contributed by atoms with E-state index in [0.29, 0.717) is 16.6 Å². The van der Waals surface area contributed by atoms with Crippen molar-refractivity contribution in [2.45, 2.75) is 19.4 Å². The second-order valence-electron chi connectivity index (χ2n) is 5.79. The first kappa shape index (κ1) is 18.0. The van der Waals surface area contributed by atoms with E-state index in [0.717, 1.165) is 31.5 Å². The summed E-state index contributed by atoms with van der Waals surface area (Å²) in [4.78, 5) is 27.4. The highest BCUT2D eigenvalue weighted by molar-refractivity contribution is 6.42. The first-order chi connectivity index (χ1) is 11.0. The van der Waals surface area contributed by atoms with Crippen molar-refractivity contribution in [2.24, 2.45) is 0 Å². The van der Waals surface area contributed by atoms with E-state index in [2.05, 4.69) is 5.32 Å². The maximum Gasteiger partial charge on any atom is 0.241 e. The van der Waals surface area contributed by atoms with Crippen LogP contribution in [0.3, 0.4) is 0 Å². The molecule has 0 atom stereocenters. The van der Waals surface area contributed by atoms with Gasteiger partial charge in [-0.25, -0.2) is 0 Å². The van der Waals surface area contributed by atoms with E-state index in [4.69, 9.17) is 23.2 Å². The first-order valence-electron chi connectivity index (χ1n) is 7.62. The second kappa shape index (κ2) is 8.52. The van der Waals surface area contributed by atoms with Gasteiger partial charge in [-0.2, -0.15) is 0 Å². The van der Waals surface area contributed by atoms with Crippen LogP contribution in [0.15, 0.2) is 18.2 Å². The van der Waals surface area contributed by atoms with Gasteiger partial charge in [-0.15, -0.1) is 0 Å². The summed E-state index contributed by atoms with van der Waals surface area (Å²) in [6.07, 6.45) is 2.10. The summed E-state index contributed by atoms with van der Waals surface area (Å²) < 4.78 is 0. The fourth-order valence-electron chi connectivity index (χ4n) is 2.56. The van der Waals surface area contributed by atoms with Crippen molar-refractivity contribution in [2.75, 3.05) is 33.2 Å². The molecule has 0 radical (unpaired) electrons. The number of amides is 2. The maximum absolute atomic E-state index is 11.9. The van der Waals surface area contributed by atoms with Crippen LogP contribution in [0, 0.1) is 0 Å². The molecule has 1 saturated heterocycles. The summed E-state index contributed by atoms with van der Waals surface area (Å²) in [6.45, 7) is 2.45. The van der Waals surface area contributed by atoms with E-state index in [-0.39, 0.29) is 24.9 Å². The third-order valence-corrected chi connectivity index (χ3v) is 4.48. The van der Waals surface area contributed by atoms with Gasteiger partial charge in [0.2, 0.25) is 11.8 Å². The van der Waals surface area contributed by atoms with E-state index in [1.165, 1.54) is 0 Å². The molecule has 1 aliphatic heterocycles. The lowest BCUT2D eigenvalue weighted by molar-refractivity contribution is -0.132. The van der Waals surface area contributed by atoms with Crippen molar-refractivity contribution in [3.63, 3.8) is 0 Å². The summed E-state index contributed by atoms with van der Waals surface area (Å²) in [5.74, 6) is -0.178. The van der Waals surface area contributed by atoms with Crippen molar-refractivity contribution in [1.82, 2.24) is 15.1 Å². The Kier molecular flexibility index (Phi) is 6.69. The number of hydrogen-bond acceptors (Lipinski definition) is 3. The fourth-order valence-corrected chi connectivity index (χ4v) is 2.88. The Balaban J connectivity index is 1.73. The predicted molar refractivity (Wildman–Crippen MR) is 91.6 cm³/mol. The van der Waals surface area contributed by atoms with E-state index < -0.39 is 0 Å². The molecule has 1 aromatic carbocycles. The van der Waals surface area contributed by atoms with Crippen LogP contribution in [0.1, 0.15) is 18.4 Å². The molecule has 0 aliphatic carbocycles. The Morgan fingerprint density at radius 2 is 1.91 bits per heavy atom. The van der Waals surface area contributed by atoms with Gasteiger partial charge in [0.05, 0.1) is 23.1 Å². The van der Waals surface area contributed by atoms with Gasteiger partial charge in [-0.3, -0.25) is 14.5 Å². The summed E-state index contributed by atoms with van der Waals surface area (Å²) in [5, 5.41) is 3.69. The van der Waals surface area contributed by atoms with Gasteiger partial charge in [0, 0.05) is 19.6 Å². The molecule has 0 spiro atoms. The smallest absolute Gasteiger partial charge is 0.241 e. The first-order valence-corrected chi connectivity index (χ1v) is 8.38. The molecule has 1 aliphatic rings. The Hall–Kier alpha value is -1.30. The van der Waals surface area contributed by atoms with E-state index >= 15 is 0 Å². The topological polar surface area (TPSA) is 52.7 Å². The summed E-state index contributed by atoms with van der Waals surface area (Å²) >= 11 is 11.9. The Labute approximate surface area is 146 Å². The van der Waals surface area contributed by atoms with E-state index in [9.17, 15) is 9.59 Å². The lowest BCUT2D eigenvalue weighted by atomic mass is 10.2. The van der Waals surface area contributed by atoms with Gasteiger partial charge in [-0.05, 0) is 37.6 Å². The van der Waals surface area contributed by atoms with Crippen molar-refractivity contribution in [3.8, 4) is 0 Å². The highest BCUT2D eigenvalue weighted by Gasteiger charge is 2.18. The zero-order valence-electron chi connectivity index (χ0n) is 13.1. The molecule has 0 unspecified atom stereocenters. The minimum absolute atomic E-state index is 0.0111. The molecule has 23 heavy (non-hydrogen) atoms. The van der Waals surface area contributed by atoms with E-state index in [1.807, 2.05) is 18.0 Å². The Morgan fingerprint density at radius 3 is 2.57 bits per heavy atom. The molecule has 1 N–H and O–H groups in total. The third kappa shape index (κ3) is 5.68. The number of benzene rings is 1. The van der Waals surface area contributed by atoms with Gasteiger partial charge in [0.1, 0.15) is 0 Å². The molecule has 2 amide bonds. The standard InChI is InChI=1S/C16H21Cl2N3O2/c1-20(10-12-4-5-13(17)14(18)8-12)11-15(22)19-9-16(23)21-6-2-3-7-21/h4-5,8H,2-3,6-7,9-11H2,1H3,(H,19,22). The molecule has 2 rings (SSSR count). The van der Waals surface area contributed by atoms with Crippen LogP contribution in [0.5, 0.6) is 0 Å². The minimum Gasteiger partial charge on any atom is -0.346 e. The Morgan fingerprint density at radius 1 is 1.22 bits per heavy atom. The van der Waals surface area contributed by atoms with Crippen LogP contribution in [0.4, 0.5) is 0 Å². The number of hydrogen-bond donors (Lipinski definition) is 1. The minimum atomic E-state index is -0.167. The van der Waals surface area contributed by atoms with Crippen molar-refractivity contribution in [3.05, 3.63) is 33.8 Å². The molecule has 1 heterocycles. The normalized spacial score (nSPS) is 14.3. The molecule has 0 bridgehead atoms. The van der Waals surface area contributed by atoms with Gasteiger partial charge in [0.25, 0.3) is 0 Å². The van der Waals surface area contributed by atoms with Crippen molar-refractivity contribution < 1.29 is 9.59 Å². The van der Waals surface area contributed by atoms with Gasteiger partial charge >= 0.3 is 0 Å². The van der Waals surface area contributed by atoms with Crippen LogP contribution in [-0.2, 0) is 16.1 Å². The zero-order valence-corrected chi connectivity index (χ0v) is 14.7. The number of nitrogens with zero attached hydrogens (tertiary/aromatic N) is 2.